The van der Waals surface area contributed by atoms with Gasteiger partial charge in [-0.25, -0.2) is 0 Å². The number of amides is 1. The average molecular weight is 498 g/mol. The topological polar surface area (TPSA) is 78.2 Å². The number of methoxy groups -OCH3 is 1. The molecule has 8 heteroatoms. The second-order valence-corrected chi connectivity index (χ2v) is 8.94. The van der Waals surface area contributed by atoms with Gasteiger partial charge in [-0.15, -0.1) is 0 Å². The molecule has 0 saturated heterocycles. The second-order valence-electron chi connectivity index (χ2n) is 8.50. The lowest BCUT2D eigenvalue weighted by atomic mass is 9.98. The molecule has 1 aliphatic heterocycles. The van der Waals surface area contributed by atoms with Crippen molar-refractivity contribution in [1.29, 1.82) is 0 Å². The van der Waals surface area contributed by atoms with Crippen LogP contribution < -0.4 is 14.9 Å². The third-order valence-electron chi connectivity index (χ3n) is 5.78. The number of halogens is 1. The van der Waals surface area contributed by atoms with Crippen LogP contribution in [-0.4, -0.2) is 43.8 Å². The smallest absolute Gasteiger partial charge is 0.290 e. The number of nitrogens with zero attached hydrogens (tertiary/aromatic N) is 1. The lowest BCUT2D eigenvalue weighted by Crippen LogP contribution is -2.31. The highest BCUT2D eigenvalue weighted by Gasteiger charge is 2.42. The van der Waals surface area contributed by atoms with Gasteiger partial charge >= 0.3 is 0 Å². The molecule has 7 nitrogen and oxygen atoms in total. The van der Waals surface area contributed by atoms with E-state index in [1.807, 2.05) is 19.9 Å². The van der Waals surface area contributed by atoms with Crippen molar-refractivity contribution in [2.24, 2.45) is 0 Å². The first-order valence-electron chi connectivity index (χ1n) is 11.5. The minimum absolute atomic E-state index is 0.0468. The Kier molecular flexibility index (Phi) is 7.48. The van der Waals surface area contributed by atoms with Crippen molar-refractivity contribution in [2.75, 3.05) is 26.9 Å². The minimum atomic E-state index is -0.654. The summed E-state index contributed by atoms with van der Waals surface area (Å²) in [7, 11) is 1.54. The number of carbonyl (C=O) groups is 1. The standard InChI is InChI=1S/C27H28ClNO6/c1-5-12-34-21-9-7-17(14-22(21)32-4)24-23-25(30)19-15-18(28)8-10-20(19)35-26(23)27(31)29(24)11-6-13-33-16(2)3/h5,7-10,14-16,24H,1,6,11-13H2,2-4H3. The Labute approximate surface area is 208 Å². The zero-order chi connectivity index (χ0) is 25.1. The molecule has 0 spiro atoms. The summed E-state index contributed by atoms with van der Waals surface area (Å²) >= 11 is 6.15. The van der Waals surface area contributed by atoms with Crippen molar-refractivity contribution >= 4 is 28.5 Å². The van der Waals surface area contributed by atoms with Gasteiger partial charge in [0.1, 0.15) is 12.2 Å². The summed E-state index contributed by atoms with van der Waals surface area (Å²) < 4.78 is 22.8. The van der Waals surface area contributed by atoms with Gasteiger partial charge in [0, 0.05) is 18.2 Å². The van der Waals surface area contributed by atoms with E-state index in [0.717, 1.165) is 0 Å². The van der Waals surface area contributed by atoms with Crippen LogP contribution in [0.25, 0.3) is 11.0 Å². The van der Waals surface area contributed by atoms with Gasteiger partial charge in [0.15, 0.2) is 16.9 Å². The summed E-state index contributed by atoms with van der Waals surface area (Å²) in [4.78, 5) is 28.8. The number of rotatable bonds is 10. The Morgan fingerprint density at radius 3 is 2.69 bits per heavy atom. The van der Waals surface area contributed by atoms with Gasteiger partial charge in [-0.05, 0) is 56.2 Å². The molecule has 0 fully saturated rings. The molecule has 1 amide bonds. The van der Waals surface area contributed by atoms with E-state index in [-0.39, 0.29) is 28.8 Å². The number of ether oxygens (including phenoxy) is 3. The summed E-state index contributed by atoms with van der Waals surface area (Å²) in [6.07, 6.45) is 2.33. The third kappa shape index (κ3) is 4.92. The maximum absolute atomic E-state index is 13.6. The molecule has 3 aromatic rings. The molecular weight excluding hydrogens is 470 g/mol. The third-order valence-corrected chi connectivity index (χ3v) is 6.02. The van der Waals surface area contributed by atoms with E-state index in [2.05, 4.69) is 6.58 Å². The summed E-state index contributed by atoms with van der Waals surface area (Å²) in [6.45, 7) is 8.77. The molecular formula is C27H28ClNO6. The van der Waals surface area contributed by atoms with Crippen LogP contribution in [0, 0.1) is 0 Å². The van der Waals surface area contributed by atoms with E-state index in [0.29, 0.717) is 59.2 Å². The van der Waals surface area contributed by atoms with Crippen LogP contribution in [0.2, 0.25) is 5.02 Å². The van der Waals surface area contributed by atoms with E-state index < -0.39 is 6.04 Å². The number of carbonyl (C=O) groups excluding carboxylic acids is 1. The highest BCUT2D eigenvalue weighted by Crippen LogP contribution is 2.41. The summed E-state index contributed by atoms with van der Waals surface area (Å²) in [6, 6.07) is 9.52. The number of fused-ring (bicyclic) bond motifs is 2. The van der Waals surface area contributed by atoms with Crippen LogP contribution in [-0.2, 0) is 4.74 Å². The number of hydrogen-bond acceptors (Lipinski definition) is 6. The van der Waals surface area contributed by atoms with Gasteiger partial charge in [-0.1, -0.05) is 30.3 Å². The van der Waals surface area contributed by atoms with E-state index in [1.54, 1.807) is 48.4 Å². The Hall–Kier alpha value is -3.29. The average Bonchev–Trinajstić information content (AvgIpc) is 3.12. The fraction of sp³-hybridized carbons (Fsp3) is 0.333. The first-order valence-corrected chi connectivity index (χ1v) is 11.8. The molecule has 35 heavy (non-hydrogen) atoms. The molecule has 1 atom stereocenters. The molecule has 0 aliphatic carbocycles. The van der Waals surface area contributed by atoms with Gasteiger partial charge < -0.3 is 23.5 Å². The predicted molar refractivity (Wildman–Crippen MR) is 135 cm³/mol. The molecule has 1 aliphatic rings. The zero-order valence-corrected chi connectivity index (χ0v) is 20.8. The molecule has 4 rings (SSSR count). The van der Waals surface area contributed by atoms with Crippen LogP contribution in [0.15, 0.2) is 58.3 Å². The van der Waals surface area contributed by atoms with E-state index in [1.165, 1.54) is 0 Å². The van der Waals surface area contributed by atoms with Crippen molar-refractivity contribution < 1.29 is 23.4 Å². The number of benzene rings is 2. The molecule has 0 bridgehead atoms. The summed E-state index contributed by atoms with van der Waals surface area (Å²) in [5.41, 5.74) is 1.03. The fourth-order valence-corrected chi connectivity index (χ4v) is 4.42. The molecule has 2 heterocycles. The van der Waals surface area contributed by atoms with Gasteiger partial charge in [0.25, 0.3) is 5.91 Å². The fourth-order valence-electron chi connectivity index (χ4n) is 4.25. The van der Waals surface area contributed by atoms with E-state index in [4.69, 9.17) is 30.2 Å². The van der Waals surface area contributed by atoms with Crippen LogP contribution in [0.5, 0.6) is 11.5 Å². The first-order chi connectivity index (χ1) is 16.8. The molecule has 1 aromatic heterocycles. The van der Waals surface area contributed by atoms with E-state index in [9.17, 15) is 9.59 Å². The van der Waals surface area contributed by atoms with Crippen molar-refractivity contribution in [3.05, 3.63) is 81.2 Å². The molecule has 0 N–H and O–H groups in total. The van der Waals surface area contributed by atoms with Gasteiger partial charge in [0.2, 0.25) is 5.76 Å². The summed E-state index contributed by atoms with van der Waals surface area (Å²) in [5, 5.41) is 0.746. The lowest BCUT2D eigenvalue weighted by Gasteiger charge is -2.26. The molecule has 2 aromatic carbocycles. The van der Waals surface area contributed by atoms with Crippen LogP contribution >= 0.6 is 11.6 Å². The molecule has 184 valence electrons. The molecule has 0 saturated carbocycles. The quantitative estimate of drug-likeness (QED) is 0.276. The van der Waals surface area contributed by atoms with Crippen LogP contribution in [0.1, 0.15) is 48.0 Å². The Morgan fingerprint density at radius 1 is 1.17 bits per heavy atom. The second kappa shape index (κ2) is 10.5. The van der Waals surface area contributed by atoms with Gasteiger partial charge in [0.05, 0.1) is 30.2 Å². The number of hydrogen-bond donors (Lipinski definition) is 0. The molecule has 0 radical (unpaired) electrons. The van der Waals surface area contributed by atoms with Crippen LogP contribution in [0.3, 0.4) is 0 Å². The monoisotopic (exact) mass is 497 g/mol. The summed E-state index contributed by atoms with van der Waals surface area (Å²) in [5.74, 6) is 0.733. The highest BCUT2D eigenvalue weighted by atomic mass is 35.5. The SMILES string of the molecule is C=CCOc1ccc(C2c3c(oc4ccc(Cl)cc4c3=O)C(=O)N2CCCOC(C)C)cc1OC. The maximum atomic E-state index is 13.6. The van der Waals surface area contributed by atoms with Crippen LogP contribution in [0.4, 0.5) is 0 Å². The molecule has 1 unspecified atom stereocenters. The van der Waals surface area contributed by atoms with Crippen molar-refractivity contribution in [3.63, 3.8) is 0 Å². The Morgan fingerprint density at radius 2 is 1.97 bits per heavy atom. The highest BCUT2D eigenvalue weighted by molar-refractivity contribution is 6.31. The Bertz CT molecular complexity index is 1320. The largest absolute Gasteiger partial charge is 0.493 e. The van der Waals surface area contributed by atoms with E-state index >= 15 is 0 Å². The first kappa shape index (κ1) is 24.8. The zero-order valence-electron chi connectivity index (χ0n) is 20.0. The predicted octanol–water partition coefficient (Wildman–Crippen LogP) is 5.38. The van der Waals surface area contributed by atoms with Gasteiger partial charge in [-0.2, -0.15) is 0 Å². The Balaban J connectivity index is 1.82. The van der Waals surface area contributed by atoms with Gasteiger partial charge in [-0.3, -0.25) is 9.59 Å². The van der Waals surface area contributed by atoms with Crippen molar-refractivity contribution in [3.8, 4) is 11.5 Å². The maximum Gasteiger partial charge on any atom is 0.290 e. The normalized spacial score (nSPS) is 15.1. The van der Waals surface area contributed by atoms with Crippen molar-refractivity contribution in [2.45, 2.75) is 32.4 Å². The minimum Gasteiger partial charge on any atom is -0.493 e. The lowest BCUT2D eigenvalue weighted by molar-refractivity contribution is 0.0593. The van der Waals surface area contributed by atoms with Crippen molar-refractivity contribution in [1.82, 2.24) is 4.90 Å².